The van der Waals surface area contributed by atoms with E-state index < -0.39 is 12.0 Å². The zero-order valence-electron chi connectivity index (χ0n) is 12.1. The van der Waals surface area contributed by atoms with Crippen molar-refractivity contribution < 1.29 is 71.9 Å². The van der Waals surface area contributed by atoms with Gasteiger partial charge in [-0.3, -0.25) is 4.79 Å². The number of fused-ring (bicyclic) bond motifs is 1. The van der Waals surface area contributed by atoms with Crippen LogP contribution in [0.2, 0.25) is 0 Å². The van der Waals surface area contributed by atoms with Gasteiger partial charge in [-0.25, -0.2) is 0 Å². The molecule has 0 aliphatic carbocycles. The molecule has 1 aromatic heterocycles. The molecule has 1 heterocycles. The summed E-state index contributed by atoms with van der Waals surface area (Å²) < 4.78 is 0. The van der Waals surface area contributed by atoms with Crippen molar-refractivity contribution in [2.75, 3.05) is 0 Å². The van der Waals surface area contributed by atoms with Crippen molar-refractivity contribution in [3.05, 3.63) is 36.0 Å². The van der Waals surface area contributed by atoms with E-state index in [4.69, 9.17) is 10.8 Å². The largest absolute Gasteiger partial charge is 1.00 e. The first-order valence-corrected chi connectivity index (χ1v) is 4.72. The van der Waals surface area contributed by atoms with E-state index in [2.05, 4.69) is 4.98 Å². The van der Waals surface area contributed by atoms with Crippen molar-refractivity contribution in [2.24, 2.45) is 5.73 Å². The van der Waals surface area contributed by atoms with Gasteiger partial charge in [0.15, 0.2) is 0 Å². The molecular weight excluding hydrogens is 238 g/mol. The van der Waals surface area contributed by atoms with Crippen LogP contribution in [-0.4, -0.2) is 22.1 Å². The molecule has 17 heavy (non-hydrogen) atoms. The van der Waals surface area contributed by atoms with Gasteiger partial charge in [0, 0.05) is 23.5 Å². The van der Waals surface area contributed by atoms with Crippen LogP contribution in [0.25, 0.3) is 10.9 Å². The molecule has 82 valence electrons. The number of carboxylic acid groups (broad SMARTS) is 1. The third-order valence-corrected chi connectivity index (χ3v) is 2.43. The van der Waals surface area contributed by atoms with Crippen LogP contribution in [0.5, 0.6) is 0 Å². The fourth-order valence-electron chi connectivity index (χ4n) is 1.62. The van der Waals surface area contributed by atoms with E-state index in [0.717, 1.165) is 16.5 Å². The Hall–Kier alpha value is 0.190. The molecule has 0 saturated heterocycles. The zero-order chi connectivity index (χ0) is 10.8. The average Bonchev–Trinajstić information content (AvgIpc) is 2.62. The van der Waals surface area contributed by atoms with Gasteiger partial charge >= 0.3 is 65.1 Å². The number of nitrogens with one attached hydrogen (secondary N) is 1. The van der Waals surface area contributed by atoms with Crippen LogP contribution in [0.1, 0.15) is 8.42 Å². The fourth-order valence-corrected chi connectivity index (χ4v) is 1.62. The van der Waals surface area contributed by atoms with Crippen LogP contribution in [0.4, 0.5) is 0 Å². The zero-order valence-corrected chi connectivity index (χ0v) is 14.1. The molecule has 0 spiro atoms. The number of nitrogens with two attached hydrogens (primary N) is 1. The van der Waals surface area contributed by atoms with E-state index in [-0.39, 0.29) is 62.0 Å². The second-order valence-electron chi connectivity index (χ2n) is 3.51. The number of benzene rings is 1. The number of aromatic nitrogens is 1. The number of aromatic amines is 1. The summed E-state index contributed by atoms with van der Waals surface area (Å²) >= 11 is 0. The molecule has 1 aromatic carbocycles. The Balaban J connectivity index is -0.000000640. The van der Waals surface area contributed by atoms with Gasteiger partial charge in [0.1, 0.15) is 6.04 Å². The molecule has 6 heteroatoms. The van der Waals surface area contributed by atoms with Crippen LogP contribution >= 0.6 is 0 Å². The smallest absolute Gasteiger partial charge is 1.00 e. The monoisotopic (exact) mass is 252 g/mol. The Morgan fingerprint density at radius 1 is 1.41 bits per heavy atom. The molecule has 2 rings (SSSR count). The topological polar surface area (TPSA) is 79.1 Å². The molecule has 4 N–H and O–H groups in total. The summed E-state index contributed by atoms with van der Waals surface area (Å²) in [5.41, 5.74) is 7.43. The first kappa shape index (κ1) is 17.2. The Morgan fingerprint density at radius 3 is 2.71 bits per heavy atom. The minimum atomic E-state index is -0.972. The number of hydrogen-bond acceptors (Lipinski definition) is 2. The summed E-state index contributed by atoms with van der Waals surface area (Å²) in [4.78, 5) is 13.7. The predicted molar refractivity (Wildman–Crippen MR) is 59.8 cm³/mol. The van der Waals surface area contributed by atoms with Crippen molar-refractivity contribution >= 4 is 16.9 Å². The minimum Gasteiger partial charge on any atom is -1.00 e. The summed E-state index contributed by atoms with van der Waals surface area (Å²) in [5.74, 6) is -0.972. The molecule has 0 aliphatic rings. The van der Waals surface area contributed by atoms with Gasteiger partial charge in [-0.1, -0.05) is 18.2 Å². The minimum absolute atomic E-state index is 0. The molecule has 0 saturated carbocycles. The third-order valence-electron chi connectivity index (χ3n) is 2.43. The van der Waals surface area contributed by atoms with E-state index in [1.165, 1.54) is 0 Å². The summed E-state index contributed by atoms with van der Waals surface area (Å²) in [6, 6.07) is 6.91. The number of rotatable bonds is 3. The molecule has 4 nitrogen and oxygen atoms in total. The Labute approximate surface area is 147 Å². The molecule has 1 atom stereocenters. The number of H-pyrrole nitrogens is 1. The van der Waals surface area contributed by atoms with E-state index in [1.54, 1.807) is 0 Å². The van der Waals surface area contributed by atoms with Crippen molar-refractivity contribution in [2.45, 2.75) is 12.5 Å². The maximum absolute atomic E-state index is 10.6. The number of carbonyl (C=O) groups is 1. The molecule has 2 aromatic rings. The number of para-hydroxylation sites is 1. The van der Waals surface area contributed by atoms with Crippen LogP contribution in [0, 0.1) is 0 Å². The van der Waals surface area contributed by atoms with E-state index >= 15 is 0 Å². The van der Waals surface area contributed by atoms with Crippen LogP contribution in [0.15, 0.2) is 30.5 Å². The molecule has 0 fully saturated rings. The van der Waals surface area contributed by atoms with Crippen molar-refractivity contribution in [3.8, 4) is 0 Å². The summed E-state index contributed by atoms with van der Waals surface area (Å²) in [6.45, 7) is 0. The van der Waals surface area contributed by atoms with Gasteiger partial charge in [0.2, 0.25) is 0 Å². The van der Waals surface area contributed by atoms with Crippen molar-refractivity contribution in [1.29, 1.82) is 0 Å². The van der Waals surface area contributed by atoms with E-state index in [9.17, 15) is 4.79 Å². The number of hydrogen-bond donors (Lipinski definition) is 3. The van der Waals surface area contributed by atoms with Crippen molar-refractivity contribution in [1.82, 2.24) is 4.98 Å². The van der Waals surface area contributed by atoms with Crippen molar-refractivity contribution in [3.63, 3.8) is 0 Å². The maximum Gasteiger partial charge on any atom is 1.00 e. The molecular formula is C11H14N2Na2O2. The van der Waals surface area contributed by atoms with E-state index in [1.807, 2.05) is 30.5 Å². The average molecular weight is 252 g/mol. The van der Waals surface area contributed by atoms with Gasteiger partial charge in [0.25, 0.3) is 0 Å². The molecule has 0 aliphatic heterocycles. The number of carboxylic acids is 1. The first-order chi connectivity index (χ1) is 7.18. The summed E-state index contributed by atoms with van der Waals surface area (Å²) in [7, 11) is 0. The second-order valence-corrected chi connectivity index (χ2v) is 3.51. The first-order valence-electron chi connectivity index (χ1n) is 4.72. The quantitative estimate of drug-likeness (QED) is 0.481. The molecule has 0 amide bonds. The molecule has 0 bridgehead atoms. The Morgan fingerprint density at radius 2 is 2.06 bits per heavy atom. The van der Waals surface area contributed by atoms with Crippen LogP contribution in [-0.2, 0) is 11.2 Å². The van der Waals surface area contributed by atoms with E-state index in [0.29, 0.717) is 6.42 Å². The Kier molecular flexibility index (Phi) is 7.67. The third kappa shape index (κ3) is 4.10. The van der Waals surface area contributed by atoms with Gasteiger partial charge < -0.3 is 18.7 Å². The standard InChI is InChI=1S/C11H12N2O2.2Na.2H/c12-9(11(14)15)5-7-6-13-10-4-2-1-3-8(7)10;;;;/h1-4,6,9,13H,5,12H2,(H,14,15);;;;/q;2*+1;2*-1. The summed E-state index contributed by atoms with van der Waals surface area (Å²) in [5, 5.41) is 9.75. The van der Waals surface area contributed by atoms with Gasteiger partial charge in [-0.15, -0.1) is 0 Å². The molecule has 0 radical (unpaired) electrons. The SMILES string of the molecule is NC(Cc1c[nH]c2ccccc12)C(=O)O.[H-].[H-].[Na+].[Na+]. The van der Waals surface area contributed by atoms with Crippen LogP contribution < -0.4 is 64.8 Å². The molecule has 1 unspecified atom stereocenters. The van der Waals surface area contributed by atoms with Crippen LogP contribution in [0.3, 0.4) is 0 Å². The van der Waals surface area contributed by atoms with Gasteiger partial charge in [-0.05, 0) is 11.6 Å². The second kappa shape index (κ2) is 7.59. The maximum atomic E-state index is 10.6. The van der Waals surface area contributed by atoms with Gasteiger partial charge in [-0.2, -0.15) is 0 Å². The normalized spacial score (nSPS) is 11.4. The predicted octanol–water partition coefficient (Wildman–Crippen LogP) is -4.64. The fraction of sp³-hybridized carbons (Fsp3) is 0.182. The number of aliphatic carboxylic acids is 1. The summed E-state index contributed by atoms with van der Waals surface area (Å²) in [6.07, 6.45) is 2.16. The van der Waals surface area contributed by atoms with Gasteiger partial charge in [0.05, 0.1) is 0 Å². The Bertz CT molecular complexity index is 508.